The topological polar surface area (TPSA) is 55.8 Å². The molecule has 0 aromatic heterocycles. The Morgan fingerprint density at radius 3 is 2.25 bits per heavy atom. The van der Waals surface area contributed by atoms with Crippen LogP contribution in [0.2, 0.25) is 0 Å². The summed E-state index contributed by atoms with van der Waals surface area (Å²) >= 11 is 0. The van der Waals surface area contributed by atoms with E-state index in [0.29, 0.717) is 0 Å². The molecule has 0 aromatic rings. The summed E-state index contributed by atoms with van der Waals surface area (Å²) < 4.78 is 17.9. The van der Waals surface area contributed by atoms with Crippen molar-refractivity contribution in [1.82, 2.24) is 0 Å². The summed E-state index contributed by atoms with van der Waals surface area (Å²) in [4.78, 5) is 0. The Hall–Kier alpha value is -0.0200. The fraction of sp³-hybridized carbons (Fsp3) is 1.00. The van der Waals surface area contributed by atoms with Crippen molar-refractivity contribution in [2.75, 3.05) is 0 Å². The molecule has 1 atom stereocenters. The van der Waals surface area contributed by atoms with E-state index >= 15 is 0 Å². The van der Waals surface area contributed by atoms with Crippen LogP contribution in [0.25, 0.3) is 0 Å². The molecule has 0 bridgehead atoms. The average molecular weight is 139 g/mol. The predicted molar refractivity (Wildman–Crippen MR) is 27.5 cm³/mol. The van der Waals surface area contributed by atoms with Gasteiger partial charge in [-0.25, -0.2) is 5.26 Å². The highest BCUT2D eigenvalue weighted by Gasteiger charge is 2.21. The van der Waals surface area contributed by atoms with E-state index in [1.54, 1.807) is 13.8 Å². The van der Waals surface area contributed by atoms with Crippen molar-refractivity contribution < 1.29 is 19.0 Å². The third-order valence-electron chi connectivity index (χ3n) is 0.364. The van der Waals surface area contributed by atoms with Crippen LogP contribution < -0.4 is 0 Å². The van der Waals surface area contributed by atoms with E-state index in [2.05, 4.69) is 9.20 Å². The molecule has 0 rings (SSSR count). The summed E-state index contributed by atoms with van der Waals surface area (Å²) in [5.41, 5.74) is 0. The van der Waals surface area contributed by atoms with Crippen molar-refractivity contribution in [3.05, 3.63) is 0 Å². The van der Waals surface area contributed by atoms with Crippen LogP contribution in [0.3, 0.4) is 0 Å². The van der Waals surface area contributed by atoms with Gasteiger partial charge in [0.1, 0.15) is 6.10 Å². The maximum atomic E-state index is 10.1. The SMILES string of the molecule is CC(C)O[P+](=O)OO. The van der Waals surface area contributed by atoms with Gasteiger partial charge in [0.2, 0.25) is 0 Å². The minimum Gasteiger partial charge on any atom is -0.202 e. The molecular formula is C3H8O4P+. The number of hydrogen-bond donors (Lipinski definition) is 1. The van der Waals surface area contributed by atoms with Crippen LogP contribution >= 0.6 is 8.25 Å². The van der Waals surface area contributed by atoms with Crippen molar-refractivity contribution in [2.24, 2.45) is 0 Å². The minimum absolute atomic E-state index is 0.189. The van der Waals surface area contributed by atoms with Crippen molar-refractivity contribution in [1.29, 1.82) is 0 Å². The molecule has 0 radical (unpaired) electrons. The highest BCUT2D eigenvalue weighted by atomic mass is 31.1. The molecule has 0 heterocycles. The van der Waals surface area contributed by atoms with Crippen molar-refractivity contribution in [2.45, 2.75) is 20.0 Å². The second-order valence-corrected chi connectivity index (χ2v) is 2.28. The summed E-state index contributed by atoms with van der Waals surface area (Å²) in [6, 6.07) is 0. The summed E-state index contributed by atoms with van der Waals surface area (Å²) in [5.74, 6) is 0. The minimum atomic E-state index is -2.31. The van der Waals surface area contributed by atoms with Crippen LogP contribution in [0.5, 0.6) is 0 Å². The maximum absolute atomic E-state index is 10.1. The lowest BCUT2D eigenvalue weighted by Gasteiger charge is -1.87. The first-order valence-electron chi connectivity index (χ1n) is 2.12. The van der Waals surface area contributed by atoms with Crippen molar-refractivity contribution in [3.8, 4) is 0 Å². The Kier molecular flexibility index (Phi) is 3.91. The van der Waals surface area contributed by atoms with Gasteiger partial charge in [-0.2, -0.15) is 0 Å². The van der Waals surface area contributed by atoms with Crippen LogP contribution in [0.1, 0.15) is 13.8 Å². The molecule has 0 amide bonds. The molecule has 0 aliphatic heterocycles. The summed E-state index contributed by atoms with van der Waals surface area (Å²) in [6.45, 7) is 3.37. The van der Waals surface area contributed by atoms with E-state index in [1.807, 2.05) is 0 Å². The lowest BCUT2D eigenvalue weighted by molar-refractivity contribution is -0.143. The van der Waals surface area contributed by atoms with Gasteiger partial charge in [-0.15, -0.1) is 4.52 Å². The van der Waals surface area contributed by atoms with Gasteiger partial charge in [0.05, 0.1) is 4.67 Å². The summed E-state index contributed by atoms with van der Waals surface area (Å²) in [6.07, 6.45) is -0.189. The largest absolute Gasteiger partial charge is 0.728 e. The molecule has 1 unspecified atom stereocenters. The third kappa shape index (κ3) is 4.15. The first-order valence-corrected chi connectivity index (χ1v) is 3.22. The molecule has 0 fully saturated rings. The molecule has 0 spiro atoms. The van der Waals surface area contributed by atoms with E-state index in [4.69, 9.17) is 5.26 Å². The number of hydrogen-bond acceptors (Lipinski definition) is 4. The van der Waals surface area contributed by atoms with E-state index < -0.39 is 8.25 Å². The summed E-state index contributed by atoms with van der Waals surface area (Å²) in [5, 5.41) is 7.67. The van der Waals surface area contributed by atoms with Crippen molar-refractivity contribution in [3.63, 3.8) is 0 Å². The van der Waals surface area contributed by atoms with Crippen LogP contribution in [0, 0.1) is 0 Å². The lowest BCUT2D eigenvalue weighted by atomic mass is 10.5. The zero-order valence-electron chi connectivity index (χ0n) is 4.70. The summed E-state index contributed by atoms with van der Waals surface area (Å²) in [7, 11) is -2.31. The predicted octanol–water partition coefficient (Wildman–Crippen LogP) is 1.56. The molecule has 4 nitrogen and oxygen atoms in total. The second-order valence-electron chi connectivity index (χ2n) is 1.46. The highest BCUT2D eigenvalue weighted by molar-refractivity contribution is 7.33. The highest BCUT2D eigenvalue weighted by Crippen LogP contribution is 2.23. The van der Waals surface area contributed by atoms with Gasteiger partial charge in [0.15, 0.2) is 0 Å². The molecular weight excluding hydrogens is 131 g/mol. The van der Waals surface area contributed by atoms with Crippen LogP contribution in [-0.4, -0.2) is 11.4 Å². The van der Waals surface area contributed by atoms with Gasteiger partial charge >= 0.3 is 8.25 Å². The molecule has 0 aliphatic rings. The van der Waals surface area contributed by atoms with Gasteiger partial charge in [0.25, 0.3) is 0 Å². The van der Waals surface area contributed by atoms with Gasteiger partial charge in [-0.05, 0) is 13.8 Å². The molecule has 0 saturated carbocycles. The van der Waals surface area contributed by atoms with Gasteiger partial charge in [-0.1, -0.05) is 0 Å². The monoisotopic (exact) mass is 139 g/mol. The first kappa shape index (κ1) is 7.98. The van der Waals surface area contributed by atoms with Crippen LogP contribution in [0.15, 0.2) is 0 Å². The molecule has 8 heavy (non-hydrogen) atoms. The van der Waals surface area contributed by atoms with E-state index in [9.17, 15) is 4.57 Å². The quantitative estimate of drug-likeness (QED) is 0.366. The zero-order valence-corrected chi connectivity index (χ0v) is 5.59. The average Bonchev–Trinajstić information content (AvgIpc) is 1.65. The van der Waals surface area contributed by atoms with E-state index in [1.165, 1.54) is 0 Å². The lowest BCUT2D eigenvalue weighted by Crippen LogP contribution is -1.94. The Bertz CT molecular complexity index is 81.4. The molecule has 0 aromatic carbocycles. The second kappa shape index (κ2) is 3.92. The Morgan fingerprint density at radius 1 is 1.62 bits per heavy atom. The fourth-order valence-corrected chi connectivity index (χ4v) is 0.574. The standard InChI is InChI=1S/C3H7O4P/c1-3(2)6-8(5)7-4/h3H,1-2H3/p+1. The molecule has 48 valence electrons. The third-order valence-corrected chi connectivity index (χ3v) is 1.09. The van der Waals surface area contributed by atoms with Gasteiger partial charge in [-0.3, -0.25) is 0 Å². The first-order chi connectivity index (χ1) is 3.66. The van der Waals surface area contributed by atoms with Gasteiger partial charge < -0.3 is 0 Å². The van der Waals surface area contributed by atoms with E-state index in [-0.39, 0.29) is 6.10 Å². The molecule has 0 saturated heterocycles. The van der Waals surface area contributed by atoms with Crippen molar-refractivity contribution >= 4 is 8.25 Å². The normalized spacial score (nSPS) is 12.2. The zero-order chi connectivity index (χ0) is 6.57. The Balaban J connectivity index is 3.25. The van der Waals surface area contributed by atoms with Gasteiger partial charge in [0, 0.05) is 4.57 Å². The molecule has 5 heteroatoms. The Morgan fingerprint density at radius 2 is 2.12 bits per heavy atom. The van der Waals surface area contributed by atoms with E-state index in [0.717, 1.165) is 0 Å². The maximum Gasteiger partial charge on any atom is 0.728 e. The fourth-order valence-electron chi connectivity index (χ4n) is 0.191. The van der Waals surface area contributed by atoms with Crippen LogP contribution in [-0.2, 0) is 13.8 Å². The molecule has 1 N–H and O–H groups in total. The number of rotatable bonds is 3. The Labute approximate surface area is 48.3 Å². The molecule has 0 aliphatic carbocycles. The smallest absolute Gasteiger partial charge is 0.202 e. The van der Waals surface area contributed by atoms with Crippen LogP contribution in [0.4, 0.5) is 0 Å².